The van der Waals surface area contributed by atoms with Crippen LogP contribution in [-0.2, 0) is 16.0 Å². The van der Waals surface area contributed by atoms with E-state index >= 15 is 0 Å². The standard InChI is InChI=1S/C33H38N4O5S2/c1-21(2)17-36(44-26-13-14-27-31(16-26)43-20-34-27)18-29(39)28(15-23-7-5-4-6-8-23)35-32(40)30-19-37(33(41)42-30)25-11-9-24(10-12-25)22(3)38/h4-14,16,20-22,28-30,38-39H,15,17-19H2,1-3H3,(H,35,40). The maximum atomic E-state index is 13.5. The van der Waals surface area contributed by atoms with Gasteiger partial charge in [-0.25, -0.2) is 14.1 Å². The van der Waals surface area contributed by atoms with Crippen molar-refractivity contribution in [2.75, 3.05) is 24.5 Å². The summed E-state index contributed by atoms with van der Waals surface area (Å²) in [6.45, 7) is 7.02. The number of hydrogen-bond acceptors (Lipinski definition) is 9. The zero-order valence-electron chi connectivity index (χ0n) is 25.0. The highest BCUT2D eigenvalue weighted by Gasteiger charge is 2.38. The Morgan fingerprint density at radius 3 is 2.55 bits per heavy atom. The predicted octanol–water partition coefficient (Wildman–Crippen LogP) is 5.43. The number of carbonyl (C=O) groups is 2. The summed E-state index contributed by atoms with van der Waals surface area (Å²) >= 11 is 3.17. The monoisotopic (exact) mass is 634 g/mol. The number of benzene rings is 3. The van der Waals surface area contributed by atoms with Crippen molar-refractivity contribution < 1.29 is 24.5 Å². The van der Waals surface area contributed by atoms with Crippen molar-refractivity contribution in [2.45, 2.75) is 56.4 Å². The van der Waals surface area contributed by atoms with Crippen molar-refractivity contribution in [1.29, 1.82) is 0 Å². The number of ether oxygens (including phenoxy) is 1. The van der Waals surface area contributed by atoms with Crippen LogP contribution in [0.25, 0.3) is 10.2 Å². The molecule has 1 saturated heterocycles. The van der Waals surface area contributed by atoms with Gasteiger partial charge < -0.3 is 20.3 Å². The van der Waals surface area contributed by atoms with Crippen LogP contribution in [0.15, 0.2) is 83.2 Å². The number of aromatic nitrogens is 1. The minimum atomic E-state index is -1.03. The predicted molar refractivity (Wildman–Crippen MR) is 175 cm³/mol. The lowest BCUT2D eigenvalue weighted by Crippen LogP contribution is -2.52. The first-order chi connectivity index (χ1) is 21.2. The van der Waals surface area contributed by atoms with Crippen molar-refractivity contribution in [3.63, 3.8) is 0 Å². The zero-order chi connectivity index (χ0) is 31.2. The highest BCUT2D eigenvalue weighted by molar-refractivity contribution is 7.97. The molecule has 232 valence electrons. The molecule has 44 heavy (non-hydrogen) atoms. The molecule has 9 nitrogen and oxygen atoms in total. The van der Waals surface area contributed by atoms with Crippen LogP contribution < -0.4 is 10.2 Å². The molecule has 11 heteroatoms. The van der Waals surface area contributed by atoms with Gasteiger partial charge in [-0.1, -0.05) is 56.3 Å². The van der Waals surface area contributed by atoms with Crippen molar-refractivity contribution in [3.8, 4) is 0 Å². The molecular formula is C33H38N4O5S2. The van der Waals surface area contributed by atoms with E-state index in [0.29, 0.717) is 24.6 Å². The first-order valence-electron chi connectivity index (χ1n) is 14.7. The van der Waals surface area contributed by atoms with E-state index in [1.54, 1.807) is 54.5 Å². The quantitative estimate of drug-likeness (QED) is 0.167. The van der Waals surface area contributed by atoms with Crippen molar-refractivity contribution in [2.24, 2.45) is 5.92 Å². The summed E-state index contributed by atoms with van der Waals surface area (Å²) in [5.41, 5.74) is 5.07. The van der Waals surface area contributed by atoms with Gasteiger partial charge in [0.05, 0.1) is 40.5 Å². The Morgan fingerprint density at radius 2 is 1.84 bits per heavy atom. The topological polar surface area (TPSA) is 115 Å². The maximum absolute atomic E-state index is 13.5. The minimum absolute atomic E-state index is 0.0439. The Balaban J connectivity index is 1.29. The van der Waals surface area contributed by atoms with Crippen LogP contribution in [0.1, 0.15) is 38.0 Å². The molecule has 1 aliphatic heterocycles. The number of nitrogens with zero attached hydrogens (tertiary/aromatic N) is 3. The highest BCUT2D eigenvalue weighted by atomic mass is 32.2. The Hall–Kier alpha value is -3.48. The normalized spacial score (nSPS) is 17.2. The molecule has 4 atom stereocenters. The minimum Gasteiger partial charge on any atom is -0.434 e. The van der Waals surface area contributed by atoms with Gasteiger partial charge in [-0.2, -0.15) is 0 Å². The molecule has 2 amide bonds. The molecule has 0 saturated carbocycles. The van der Waals surface area contributed by atoms with Crippen LogP contribution in [0.4, 0.5) is 10.5 Å². The smallest absolute Gasteiger partial charge is 0.415 e. The van der Waals surface area contributed by atoms with Gasteiger partial charge >= 0.3 is 6.09 Å². The second-order valence-corrected chi connectivity index (χ2v) is 13.5. The lowest BCUT2D eigenvalue weighted by atomic mass is 10.0. The van der Waals surface area contributed by atoms with Gasteiger partial charge in [0, 0.05) is 23.7 Å². The Bertz CT molecular complexity index is 1550. The third-order valence-corrected chi connectivity index (χ3v) is 9.19. The summed E-state index contributed by atoms with van der Waals surface area (Å²) in [6.07, 6.45) is -2.77. The number of nitrogens with one attached hydrogen (secondary N) is 1. The van der Waals surface area contributed by atoms with Gasteiger partial charge in [0.1, 0.15) is 0 Å². The van der Waals surface area contributed by atoms with Gasteiger partial charge in [-0.3, -0.25) is 9.69 Å². The Labute approximate surface area is 266 Å². The summed E-state index contributed by atoms with van der Waals surface area (Å²) in [5.74, 6) is -0.109. The number of aliphatic hydroxyl groups is 2. The van der Waals surface area contributed by atoms with E-state index in [1.165, 1.54) is 4.90 Å². The number of thiazole rings is 1. The second-order valence-electron chi connectivity index (χ2n) is 11.4. The summed E-state index contributed by atoms with van der Waals surface area (Å²) in [6, 6.07) is 22.2. The molecule has 0 bridgehead atoms. The average Bonchev–Trinajstić information content (AvgIpc) is 3.63. The summed E-state index contributed by atoms with van der Waals surface area (Å²) in [4.78, 5) is 33.0. The number of hydrogen-bond donors (Lipinski definition) is 3. The largest absolute Gasteiger partial charge is 0.434 e. The number of anilines is 1. The molecule has 5 rings (SSSR count). The SMILES string of the molecule is CC(C)CN(CC(O)C(Cc1ccccc1)NC(=O)C1CN(c2ccc(C(C)O)cc2)C(=O)O1)Sc1ccc2ncsc2c1. The summed E-state index contributed by atoms with van der Waals surface area (Å²) in [5, 5.41) is 24.4. The van der Waals surface area contributed by atoms with Gasteiger partial charge in [-0.15, -0.1) is 11.3 Å². The molecule has 1 fully saturated rings. The molecule has 0 radical (unpaired) electrons. The molecule has 4 unspecified atom stereocenters. The third kappa shape index (κ3) is 8.16. The summed E-state index contributed by atoms with van der Waals surface area (Å²) in [7, 11) is 0. The highest BCUT2D eigenvalue weighted by Crippen LogP contribution is 2.29. The van der Waals surface area contributed by atoms with E-state index in [2.05, 4.69) is 34.5 Å². The molecule has 1 aliphatic rings. The van der Waals surface area contributed by atoms with Crippen LogP contribution in [-0.4, -0.2) is 69.4 Å². The average molecular weight is 635 g/mol. The van der Waals surface area contributed by atoms with E-state index < -0.39 is 36.4 Å². The number of fused-ring (bicyclic) bond motifs is 1. The fourth-order valence-corrected chi connectivity index (χ4v) is 7.09. The molecule has 0 aliphatic carbocycles. The first kappa shape index (κ1) is 31.9. The van der Waals surface area contributed by atoms with Gasteiger partial charge in [0.2, 0.25) is 0 Å². The van der Waals surface area contributed by atoms with Crippen LogP contribution >= 0.6 is 23.3 Å². The molecule has 4 aromatic rings. The van der Waals surface area contributed by atoms with Crippen LogP contribution in [0.2, 0.25) is 0 Å². The molecule has 0 spiro atoms. The molecule has 3 N–H and O–H groups in total. The molecular weight excluding hydrogens is 597 g/mol. The van der Waals surface area contributed by atoms with Gasteiger partial charge in [-0.05, 0) is 72.7 Å². The van der Waals surface area contributed by atoms with E-state index in [9.17, 15) is 19.8 Å². The summed E-state index contributed by atoms with van der Waals surface area (Å²) < 4.78 is 8.70. The third-order valence-electron chi connectivity index (χ3n) is 7.38. The zero-order valence-corrected chi connectivity index (χ0v) is 26.6. The van der Waals surface area contributed by atoms with Crippen molar-refractivity contribution in [3.05, 3.63) is 89.4 Å². The van der Waals surface area contributed by atoms with E-state index in [-0.39, 0.29) is 6.54 Å². The van der Waals surface area contributed by atoms with Crippen LogP contribution in [0.3, 0.4) is 0 Å². The number of carbonyl (C=O) groups excluding carboxylic acids is 2. The number of rotatable bonds is 13. The van der Waals surface area contributed by atoms with Gasteiger partial charge in [0.25, 0.3) is 5.91 Å². The van der Waals surface area contributed by atoms with Crippen molar-refractivity contribution in [1.82, 2.24) is 14.6 Å². The lowest BCUT2D eigenvalue weighted by molar-refractivity contribution is -0.129. The molecule has 3 aromatic carbocycles. The second kappa shape index (κ2) is 14.5. The molecule has 1 aromatic heterocycles. The van der Waals surface area contributed by atoms with Crippen molar-refractivity contribution >= 4 is 51.2 Å². The van der Waals surface area contributed by atoms with E-state index in [0.717, 1.165) is 32.8 Å². The number of aliphatic hydroxyl groups excluding tert-OH is 2. The van der Waals surface area contributed by atoms with E-state index in [1.807, 2.05) is 48.0 Å². The number of cyclic esters (lactones) is 1. The van der Waals surface area contributed by atoms with Crippen LogP contribution in [0.5, 0.6) is 0 Å². The Morgan fingerprint density at radius 1 is 1.09 bits per heavy atom. The van der Waals surface area contributed by atoms with E-state index in [4.69, 9.17) is 4.74 Å². The lowest BCUT2D eigenvalue weighted by Gasteiger charge is -2.31. The Kier molecular flexibility index (Phi) is 10.5. The van der Waals surface area contributed by atoms with Crippen LogP contribution in [0, 0.1) is 5.92 Å². The fourth-order valence-electron chi connectivity index (χ4n) is 5.10. The molecule has 2 heterocycles. The number of amides is 2. The maximum Gasteiger partial charge on any atom is 0.415 e. The van der Waals surface area contributed by atoms with Gasteiger partial charge in [0.15, 0.2) is 6.10 Å². The fraction of sp³-hybridized carbons (Fsp3) is 0.364. The first-order valence-corrected chi connectivity index (χ1v) is 16.4.